The molecule has 51 valence electrons. The van der Waals surface area contributed by atoms with Gasteiger partial charge in [0.15, 0.2) is 0 Å². The standard InChI is InChI=1S/C5H8NO2S/c1-2-3-4-5-9(6,7)8/h6H,2-3H2,1H3. The lowest BCUT2D eigenvalue weighted by Gasteiger charge is -1.77. The van der Waals surface area contributed by atoms with E-state index in [-0.39, 0.29) is 0 Å². The third-order valence-corrected chi connectivity index (χ3v) is 0.995. The second-order valence-electron chi connectivity index (χ2n) is 1.53. The molecule has 0 aromatic heterocycles. The number of hydrogen-bond donors (Lipinski definition) is 0. The van der Waals surface area contributed by atoms with Gasteiger partial charge >= 0.3 is 0 Å². The summed E-state index contributed by atoms with van der Waals surface area (Å²) >= 11 is 0. The molecule has 0 saturated carbocycles. The summed E-state index contributed by atoms with van der Waals surface area (Å²) in [5.41, 5.74) is 0. The van der Waals surface area contributed by atoms with Crippen LogP contribution in [-0.2, 0) is 10.0 Å². The van der Waals surface area contributed by atoms with Gasteiger partial charge in [0.25, 0.3) is 10.0 Å². The highest BCUT2D eigenvalue weighted by Crippen LogP contribution is 1.82. The van der Waals surface area contributed by atoms with E-state index in [9.17, 15) is 8.42 Å². The number of nitrogens with one attached hydrogen (secondary N) is 1. The monoisotopic (exact) mass is 146 g/mol. The Morgan fingerprint density at radius 3 is 2.44 bits per heavy atom. The Morgan fingerprint density at radius 2 is 2.11 bits per heavy atom. The Balaban J connectivity index is 3.90. The fourth-order valence-corrected chi connectivity index (χ4v) is 0.563. The topological polar surface area (TPSA) is 57.9 Å². The Kier molecular flexibility index (Phi) is 3.28. The molecule has 4 heteroatoms. The van der Waals surface area contributed by atoms with Gasteiger partial charge < -0.3 is 0 Å². The van der Waals surface area contributed by atoms with E-state index in [4.69, 9.17) is 5.14 Å². The predicted molar refractivity (Wildman–Crippen MR) is 34.7 cm³/mol. The quantitative estimate of drug-likeness (QED) is 0.501. The SMILES string of the molecule is CCCC#CS([NH])(=O)=O. The van der Waals surface area contributed by atoms with Gasteiger partial charge in [-0.3, -0.25) is 0 Å². The van der Waals surface area contributed by atoms with Gasteiger partial charge in [-0.1, -0.05) is 12.8 Å². The van der Waals surface area contributed by atoms with Crippen molar-refractivity contribution in [3.05, 3.63) is 0 Å². The molecule has 1 radical (unpaired) electrons. The summed E-state index contributed by atoms with van der Waals surface area (Å²) < 4.78 is 20.0. The lowest BCUT2D eigenvalue weighted by Crippen LogP contribution is -1.92. The Labute approximate surface area is 55.3 Å². The van der Waals surface area contributed by atoms with E-state index in [0.717, 1.165) is 6.42 Å². The molecular weight excluding hydrogens is 138 g/mol. The van der Waals surface area contributed by atoms with E-state index in [1.54, 1.807) is 0 Å². The molecular formula is C5H8NO2S. The Hall–Kier alpha value is -0.530. The van der Waals surface area contributed by atoms with Crippen LogP contribution in [0.4, 0.5) is 0 Å². The van der Waals surface area contributed by atoms with E-state index in [0.29, 0.717) is 6.42 Å². The molecule has 0 rings (SSSR count). The van der Waals surface area contributed by atoms with Gasteiger partial charge in [-0.25, -0.2) is 0 Å². The van der Waals surface area contributed by atoms with Gasteiger partial charge in [0, 0.05) is 11.7 Å². The molecule has 0 unspecified atom stereocenters. The van der Waals surface area contributed by atoms with Crippen LogP contribution in [0.25, 0.3) is 0 Å². The number of unbranched alkanes of at least 4 members (excludes halogenated alkanes) is 1. The van der Waals surface area contributed by atoms with Crippen LogP contribution in [0.3, 0.4) is 0 Å². The van der Waals surface area contributed by atoms with Crippen LogP contribution in [-0.4, -0.2) is 8.42 Å². The van der Waals surface area contributed by atoms with Crippen LogP contribution in [0.1, 0.15) is 19.8 Å². The smallest absolute Gasteiger partial charge is 0.197 e. The van der Waals surface area contributed by atoms with E-state index in [1.165, 1.54) is 0 Å². The number of sulfonamides is 1. The maximum atomic E-state index is 10.00. The average Bonchev–Trinajstić information content (AvgIpc) is 1.63. The van der Waals surface area contributed by atoms with Crippen LogP contribution < -0.4 is 5.14 Å². The molecule has 3 nitrogen and oxygen atoms in total. The first kappa shape index (κ1) is 8.47. The molecule has 0 heterocycles. The first-order valence-corrected chi connectivity index (χ1v) is 4.04. The van der Waals surface area contributed by atoms with E-state index in [1.807, 2.05) is 12.2 Å². The summed E-state index contributed by atoms with van der Waals surface area (Å²) in [5, 5.41) is 8.12. The van der Waals surface area contributed by atoms with Gasteiger partial charge in [-0.15, -0.1) is 5.14 Å². The normalized spacial score (nSPS) is 10.0. The third kappa shape index (κ3) is 7.47. The van der Waals surface area contributed by atoms with Crippen LogP contribution in [0.5, 0.6) is 0 Å². The summed E-state index contributed by atoms with van der Waals surface area (Å²) in [6, 6.07) is 0. The number of hydrogen-bond acceptors (Lipinski definition) is 2. The van der Waals surface area contributed by atoms with Crippen molar-refractivity contribution in [2.75, 3.05) is 0 Å². The van der Waals surface area contributed by atoms with Crippen LogP contribution in [0.2, 0.25) is 0 Å². The van der Waals surface area contributed by atoms with Crippen LogP contribution in [0.15, 0.2) is 0 Å². The van der Waals surface area contributed by atoms with Crippen LogP contribution in [0, 0.1) is 11.2 Å². The third-order valence-electron chi connectivity index (χ3n) is 0.582. The lowest BCUT2D eigenvalue weighted by molar-refractivity contribution is 0.606. The zero-order valence-corrected chi connectivity index (χ0v) is 5.96. The molecule has 0 bridgehead atoms. The highest BCUT2D eigenvalue weighted by atomic mass is 32.2. The summed E-state index contributed by atoms with van der Waals surface area (Å²) in [7, 11) is -3.81. The molecule has 0 aliphatic rings. The zero-order valence-electron chi connectivity index (χ0n) is 5.14. The Morgan fingerprint density at radius 1 is 1.56 bits per heavy atom. The van der Waals surface area contributed by atoms with E-state index >= 15 is 0 Å². The fourth-order valence-electron chi connectivity index (χ4n) is 0.271. The van der Waals surface area contributed by atoms with Gasteiger partial charge in [-0.2, -0.15) is 8.42 Å². The summed E-state index contributed by atoms with van der Waals surface area (Å²) in [4.78, 5) is 0. The van der Waals surface area contributed by atoms with Crippen molar-refractivity contribution in [1.29, 1.82) is 0 Å². The minimum atomic E-state index is -3.81. The molecule has 0 aliphatic heterocycles. The molecule has 0 aromatic carbocycles. The zero-order chi connectivity index (χ0) is 7.33. The summed E-state index contributed by atoms with van der Waals surface area (Å²) in [6.45, 7) is 1.89. The first-order chi connectivity index (χ1) is 4.06. The Bertz CT molecular complexity index is 219. The van der Waals surface area contributed by atoms with Gasteiger partial charge in [-0.05, 0) is 6.42 Å². The fraction of sp³-hybridized carbons (Fsp3) is 0.600. The summed E-state index contributed by atoms with van der Waals surface area (Å²) in [6.07, 6.45) is 1.36. The summed E-state index contributed by atoms with van der Waals surface area (Å²) in [5.74, 6) is 2.35. The highest BCUT2D eigenvalue weighted by Gasteiger charge is 1.90. The van der Waals surface area contributed by atoms with Crippen molar-refractivity contribution in [3.8, 4) is 11.2 Å². The maximum absolute atomic E-state index is 10.00. The minimum Gasteiger partial charge on any atom is -0.197 e. The predicted octanol–water partition coefficient (Wildman–Crippen LogP) is 0.360. The molecule has 0 saturated heterocycles. The van der Waals surface area contributed by atoms with Crippen molar-refractivity contribution in [1.82, 2.24) is 5.14 Å². The molecule has 0 aromatic rings. The van der Waals surface area contributed by atoms with Crippen LogP contribution >= 0.6 is 0 Å². The molecule has 0 aliphatic carbocycles. The lowest BCUT2D eigenvalue weighted by atomic mass is 10.4. The minimum absolute atomic E-state index is 0.540. The molecule has 0 fully saturated rings. The van der Waals surface area contributed by atoms with Crippen molar-refractivity contribution in [2.24, 2.45) is 0 Å². The van der Waals surface area contributed by atoms with Gasteiger partial charge in [0.1, 0.15) is 0 Å². The molecule has 0 atom stereocenters. The van der Waals surface area contributed by atoms with Crippen molar-refractivity contribution in [3.63, 3.8) is 0 Å². The second-order valence-corrected chi connectivity index (χ2v) is 2.74. The van der Waals surface area contributed by atoms with E-state index in [2.05, 4.69) is 5.92 Å². The average molecular weight is 146 g/mol. The van der Waals surface area contributed by atoms with E-state index < -0.39 is 10.0 Å². The molecule has 9 heavy (non-hydrogen) atoms. The largest absolute Gasteiger partial charge is 0.293 e. The van der Waals surface area contributed by atoms with Crippen molar-refractivity contribution in [2.45, 2.75) is 19.8 Å². The molecule has 0 amide bonds. The second kappa shape index (κ2) is 3.49. The van der Waals surface area contributed by atoms with Crippen molar-refractivity contribution >= 4 is 10.0 Å². The number of rotatable bonds is 1. The maximum Gasteiger partial charge on any atom is 0.293 e. The molecule has 0 spiro atoms. The van der Waals surface area contributed by atoms with Gasteiger partial charge in [0.05, 0.1) is 0 Å². The van der Waals surface area contributed by atoms with Gasteiger partial charge in [0.2, 0.25) is 0 Å². The van der Waals surface area contributed by atoms with Crippen molar-refractivity contribution < 1.29 is 8.42 Å². The highest BCUT2D eigenvalue weighted by molar-refractivity contribution is 7.93. The first-order valence-electron chi connectivity index (χ1n) is 2.55. The molecule has 1 N–H and O–H groups in total.